The average Bonchev–Trinajstić information content (AvgIpc) is 3.43. The van der Waals surface area contributed by atoms with Crippen molar-refractivity contribution in [2.24, 2.45) is 23.7 Å². The number of thiocarbonyl (C=S) groups is 1. The minimum Gasteiger partial charge on any atom is -0.462 e. The van der Waals surface area contributed by atoms with Crippen LogP contribution in [-0.4, -0.2) is 46.9 Å². The van der Waals surface area contributed by atoms with Crippen LogP contribution in [0.25, 0.3) is 0 Å². The van der Waals surface area contributed by atoms with Crippen LogP contribution in [0.4, 0.5) is 5.00 Å². The van der Waals surface area contributed by atoms with E-state index in [-0.39, 0.29) is 53.8 Å². The molecule has 1 aromatic rings. The van der Waals surface area contributed by atoms with E-state index < -0.39 is 11.9 Å². The Bertz CT molecular complexity index is 910. The van der Waals surface area contributed by atoms with Gasteiger partial charge in [-0.05, 0) is 48.8 Å². The highest BCUT2D eigenvalue weighted by Crippen LogP contribution is 2.52. The van der Waals surface area contributed by atoms with Gasteiger partial charge in [-0.2, -0.15) is 0 Å². The molecule has 0 spiro atoms. The number of nitrogens with one attached hydrogen (secondary N) is 2. The number of nitrogens with zero attached hydrogens (tertiary/aromatic N) is 1. The lowest BCUT2D eigenvalue weighted by molar-refractivity contribution is -0.144. The fourth-order valence-corrected chi connectivity index (χ4v) is 5.40. The zero-order chi connectivity index (χ0) is 20.7. The van der Waals surface area contributed by atoms with Gasteiger partial charge in [0.15, 0.2) is 5.11 Å². The molecule has 4 rings (SSSR count). The van der Waals surface area contributed by atoms with Crippen molar-refractivity contribution >= 4 is 57.4 Å². The summed E-state index contributed by atoms with van der Waals surface area (Å²) in [7, 11) is 0. The Kier molecular flexibility index (Phi) is 5.22. The van der Waals surface area contributed by atoms with Crippen molar-refractivity contribution in [1.82, 2.24) is 10.2 Å². The summed E-state index contributed by atoms with van der Waals surface area (Å²) in [4.78, 5) is 50.6. The first-order valence-corrected chi connectivity index (χ1v) is 10.6. The molecule has 0 aromatic carbocycles. The van der Waals surface area contributed by atoms with Gasteiger partial charge >= 0.3 is 5.97 Å². The molecule has 2 aliphatic carbocycles. The van der Waals surface area contributed by atoms with E-state index >= 15 is 0 Å². The number of likely N-dealkylation sites (tertiary alicyclic amines) is 1. The second-order valence-electron chi connectivity index (χ2n) is 7.15. The van der Waals surface area contributed by atoms with Crippen molar-refractivity contribution in [3.63, 3.8) is 0 Å². The molecule has 1 aliphatic heterocycles. The summed E-state index contributed by atoms with van der Waals surface area (Å²) < 4.78 is 4.97. The van der Waals surface area contributed by atoms with E-state index in [1.54, 1.807) is 18.4 Å². The highest BCUT2D eigenvalue weighted by molar-refractivity contribution is 7.80. The predicted molar refractivity (Wildman–Crippen MR) is 109 cm³/mol. The maximum Gasteiger partial charge on any atom is 0.341 e. The van der Waals surface area contributed by atoms with E-state index in [9.17, 15) is 19.2 Å². The Hall–Kier alpha value is -2.59. The van der Waals surface area contributed by atoms with Crippen molar-refractivity contribution in [3.05, 3.63) is 29.2 Å². The molecule has 0 radical (unpaired) electrons. The number of thiophene rings is 1. The number of carbonyl (C=O) groups is 4. The number of amides is 3. The second-order valence-corrected chi connectivity index (χ2v) is 8.47. The van der Waals surface area contributed by atoms with Crippen LogP contribution in [0, 0.1) is 23.7 Å². The molecule has 29 heavy (non-hydrogen) atoms. The third-order valence-corrected chi connectivity index (χ3v) is 6.54. The molecule has 1 saturated heterocycles. The van der Waals surface area contributed by atoms with Gasteiger partial charge in [0.1, 0.15) is 11.5 Å². The fraction of sp³-hybridized carbons (Fsp3) is 0.421. The van der Waals surface area contributed by atoms with Crippen LogP contribution in [0.2, 0.25) is 0 Å². The zero-order valence-corrected chi connectivity index (χ0v) is 17.2. The SMILES string of the molecule is CCOC(=O)c1ccsc1NC(=S)NC(=O)CN1C(=O)[C@@H]2[C@@H](C1=O)[C@H]1C=C[C@H]2C1. The van der Waals surface area contributed by atoms with E-state index in [0.717, 1.165) is 11.3 Å². The van der Waals surface area contributed by atoms with Crippen LogP contribution in [0.15, 0.2) is 23.6 Å². The number of rotatable bonds is 5. The average molecular weight is 434 g/mol. The molecular formula is C19H19N3O5S2. The Balaban J connectivity index is 1.34. The number of anilines is 1. The Morgan fingerprint density at radius 3 is 2.52 bits per heavy atom. The van der Waals surface area contributed by atoms with E-state index in [1.165, 1.54) is 11.3 Å². The molecule has 2 fully saturated rings. The number of fused-ring (bicyclic) bond motifs is 5. The van der Waals surface area contributed by atoms with Gasteiger partial charge in [-0.15, -0.1) is 11.3 Å². The van der Waals surface area contributed by atoms with Crippen LogP contribution in [0.1, 0.15) is 23.7 Å². The first-order chi connectivity index (χ1) is 13.9. The number of carbonyl (C=O) groups excluding carboxylic acids is 4. The number of hydrogen-bond acceptors (Lipinski definition) is 7. The van der Waals surface area contributed by atoms with Gasteiger partial charge < -0.3 is 15.4 Å². The summed E-state index contributed by atoms with van der Waals surface area (Å²) in [5, 5.41) is 7.37. The number of hydrogen-bond donors (Lipinski definition) is 2. The number of ether oxygens (including phenoxy) is 1. The van der Waals surface area contributed by atoms with Gasteiger partial charge in [-0.25, -0.2) is 4.79 Å². The molecule has 2 heterocycles. The number of allylic oxidation sites excluding steroid dienone is 2. The molecule has 1 aromatic heterocycles. The van der Waals surface area contributed by atoms with E-state index in [0.29, 0.717) is 10.6 Å². The second kappa shape index (κ2) is 7.68. The Morgan fingerprint density at radius 2 is 1.90 bits per heavy atom. The van der Waals surface area contributed by atoms with Crippen LogP contribution >= 0.6 is 23.6 Å². The van der Waals surface area contributed by atoms with Crippen molar-refractivity contribution in [2.45, 2.75) is 13.3 Å². The predicted octanol–water partition coefficient (Wildman–Crippen LogP) is 1.54. The van der Waals surface area contributed by atoms with Crippen LogP contribution in [-0.2, 0) is 19.1 Å². The molecule has 10 heteroatoms. The summed E-state index contributed by atoms with van der Waals surface area (Å²) in [6, 6.07) is 1.60. The Morgan fingerprint density at radius 1 is 1.24 bits per heavy atom. The van der Waals surface area contributed by atoms with E-state index in [1.807, 2.05) is 12.2 Å². The molecule has 2 bridgehead atoms. The zero-order valence-electron chi connectivity index (χ0n) is 15.5. The standard InChI is InChI=1S/C19H19N3O5S2/c1-2-27-18(26)11-5-6-29-15(11)21-19(28)20-12(23)8-22-16(24)13-9-3-4-10(7-9)14(13)17(22)25/h3-6,9-10,13-14H,2,7-8H2,1H3,(H2,20,21,23,28)/t9-,10-,13-,14-/m0/s1. The summed E-state index contributed by atoms with van der Waals surface area (Å²) >= 11 is 6.36. The molecule has 2 N–H and O–H groups in total. The highest BCUT2D eigenvalue weighted by Gasteiger charge is 2.59. The number of esters is 1. The van der Waals surface area contributed by atoms with Gasteiger partial charge in [0.2, 0.25) is 17.7 Å². The molecule has 8 nitrogen and oxygen atoms in total. The summed E-state index contributed by atoms with van der Waals surface area (Å²) in [5.41, 5.74) is 0.314. The van der Waals surface area contributed by atoms with E-state index in [2.05, 4.69) is 10.6 Å². The van der Waals surface area contributed by atoms with Gasteiger partial charge in [0, 0.05) is 0 Å². The van der Waals surface area contributed by atoms with Crippen LogP contribution in [0.3, 0.4) is 0 Å². The lowest BCUT2D eigenvalue weighted by atomic mass is 9.85. The quantitative estimate of drug-likeness (QED) is 0.314. The first kappa shape index (κ1) is 19.7. The first-order valence-electron chi connectivity index (χ1n) is 9.29. The molecule has 4 atom stereocenters. The monoisotopic (exact) mass is 433 g/mol. The molecular weight excluding hydrogens is 414 g/mol. The maximum absolute atomic E-state index is 12.6. The molecule has 3 amide bonds. The van der Waals surface area contributed by atoms with Gasteiger partial charge in [0.05, 0.1) is 24.0 Å². The third-order valence-electron chi connectivity index (χ3n) is 5.50. The smallest absolute Gasteiger partial charge is 0.341 e. The van der Waals surface area contributed by atoms with Crippen LogP contribution in [0.5, 0.6) is 0 Å². The molecule has 1 saturated carbocycles. The Labute approximate surface area is 176 Å². The van der Waals surface area contributed by atoms with Crippen LogP contribution < -0.4 is 10.6 Å². The van der Waals surface area contributed by atoms with Crippen molar-refractivity contribution < 1.29 is 23.9 Å². The molecule has 0 unspecified atom stereocenters. The van der Waals surface area contributed by atoms with Crippen molar-refractivity contribution in [2.75, 3.05) is 18.5 Å². The minimum atomic E-state index is -0.571. The van der Waals surface area contributed by atoms with Crippen molar-refractivity contribution in [1.29, 1.82) is 0 Å². The lowest BCUT2D eigenvalue weighted by Crippen LogP contribution is -2.44. The molecule has 152 valence electrons. The summed E-state index contributed by atoms with van der Waals surface area (Å²) in [5.74, 6) is -2.12. The molecule has 3 aliphatic rings. The van der Waals surface area contributed by atoms with Gasteiger partial charge in [0.25, 0.3) is 0 Å². The maximum atomic E-state index is 12.6. The van der Waals surface area contributed by atoms with Gasteiger partial charge in [-0.3, -0.25) is 19.3 Å². The van der Waals surface area contributed by atoms with Gasteiger partial charge in [-0.1, -0.05) is 12.2 Å². The van der Waals surface area contributed by atoms with Crippen molar-refractivity contribution in [3.8, 4) is 0 Å². The third kappa shape index (κ3) is 3.46. The summed E-state index contributed by atoms with van der Waals surface area (Å²) in [6.45, 7) is 1.58. The summed E-state index contributed by atoms with van der Waals surface area (Å²) in [6.07, 6.45) is 4.84. The largest absolute Gasteiger partial charge is 0.462 e. The fourth-order valence-electron chi connectivity index (χ4n) is 4.34. The topological polar surface area (TPSA) is 105 Å². The number of imide groups is 1. The minimum absolute atomic E-state index is 0.0241. The highest BCUT2D eigenvalue weighted by atomic mass is 32.1. The normalized spacial score (nSPS) is 26.6. The van der Waals surface area contributed by atoms with E-state index in [4.69, 9.17) is 17.0 Å². The lowest BCUT2D eigenvalue weighted by Gasteiger charge is -2.17.